The summed E-state index contributed by atoms with van der Waals surface area (Å²) in [7, 11) is 3.05. The number of hydrogen-bond donors (Lipinski definition) is 1. The van der Waals surface area contributed by atoms with Crippen LogP contribution in [0, 0.1) is 0 Å². The normalized spacial score (nSPS) is 15.1. The molecule has 1 N–H and O–H groups in total. The second-order valence-electron chi connectivity index (χ2n) is 5.80. The minimum absolute atomic E-state index is 0.240. The summed E-state index contributed by atoms with van der Waals surface area (Å²) in [5.74, 6) is 0.122. The highest BCUT2D eigenvalue weighted by molar-refractivity contribution is 8.18. The number of carbonyl (C=O) groups is 3. The minimum Gasteiger partial charge on any atom is -0.493 e. The predicted molar refractivity (Wildman–Crippen MR) is 107 cm³/mol. The largest absolute Gasteiger partial charge is 0.493 e. The lowest BCUT2D eigenvalue weighted by Gasteiger charge is -2.12. The van der Waals surface area contributed by atoms with E-state index in [0.717, 1.165) is 16.7 Å². The molecule has 0 spiro atoms. The van der Waals surface area contributed by atoms with E-state index in [1.165, 1.54) is 14.2 Å². The van der Waals surface area contributed by atoms with E-state index >= 15 is 0 Å². The van der Waals surface area contributed by atoms with Crippen LogP contribution in [0.2, 0.25) is 0 Å². The van der Waals surface area contributed by atoms with Crippen molar-refractivity contribution < 1.29 is 23.9 Å². The minimum atomic E-state index is -0.506. The molecule has 1 saturated heterocycles. The van der Waals surface area contributed by atoms with Crippen molar-refractivity contribution in [2.75, 3.05) is 26.1 Å². The number of anilines is 1. The van der Waals surface area contributed by atoms with Gasteiger partial charge in [-0.3, -0.25) is 19.3 Å². The number of hydrogen-bond acceptors (Lipinski definition) is 6. The number of amides is 3. The molecule has 0 atom stereocenters. The van der Waals surface area contributed by atoms with E-state index in [2.05, 4.69) is 5.32 Å². The molecule has 1 aliphatic rings. The summed E-state index contributed by atoms with van der Waals surface area (Å²) in [6, 6.07) is 14.0. The fourth-order valence-corrected chi connectivity index (χ4v) is 3.43. The number of imide groups is 1. The number of thioether (sulfide) groups is 1. The number of benzene rings is 2. The van der Waals surface area contributed by atoms with Gasteiger partial charge in [0, 0.05) is 5.69 Å². The van der Waals surface area contributed by atoms with E-state index in [4.69, 9.17) is 9.47 Å². The smallest absolute Gasteiger partial charge is 0.294 e. The zero-order valence-electron chi connectivity index (χ0n) is 15.3. The monoisotopic (exact) mass is 398 g/mol. The number of methoxy groups -OCH3 is 2. The van der Waals surface area contributed by atoms with E-state index in [0.29, 0.717) is 22.7 Å². The van der Waals surface area contributed by atoms with Gasteiger partial charge < -0.3 is 14.8 Å². The molecule has 0 unspecified atom stereocenters. The zero-order valence-corrected chi connectivity index (χ0v) is 16.1. The van der Waals surface area contributed by atoms with E-state index in [1.54, 1.807) is 48.5 Å². The van der Waals surface area contributed by atoms with Crippen LogP contribution < -0.4 is 14.8 Å². The van der Waals surface area contributed by atoms with Crippen molar-refractivity contribution in [1.29, 1.82) is 0 Å². The Kier molecular flexibility index (Phi) is 6.00. The summed E-state index contributed by atoms with van der Waals surface area (Å²) in [4.78, 5) is 38.1. The van der Waals surface area contributed by atoms with Crippen LogP contribution in [0.25, 0.3) is 6.08 Å². The van der Waals surface area contributed by atoms with Crippen molar-refractivity contribution in [1.82, 2.24) is 4.90 Å². The quantitative estimate of drug-likeness (QED) is 0.751. The second kappa shape index (κ2) is 8.62. The molecule has 3 amide bonds. The molecule has 8 heteroatoms. The van der Waals surface area contributed by atoms with Gasteiger partial charge in [0.15, 0.2) is 11.5 Å². The van der Waals surface area contributed by atoms with Crippen LogP contribution in [-0.2, 0) is 9.59 Å². The number of rotatable bonds is 6. The van der Waals surface area contributed by atoms with Crippen LogP contribution >= 0.6 is 11.8 Å². The van der Waals surface area contributed by atoms with Gasteiger partial charge in [-0.05, 0) is 47.7 Å². The molecule has 0 aromatic heterocycles. The number of nitrogens with zero attached hydrogens (tertiary/aromatic N) is 1. The lowest BCUT2D eigenvalue weighted by molar-refractivity contribution is -0.127. The lowest BCUT2D eigenvalue weighted by atomic mass is 10.2. The summed E-state index contributed by atoms with van der Waals surface area (Å²) in [6.45, 7) is -0.344. The highest BCUT2D eigenvalue weighted by Crippen LogP contribution is 2.34. The van der Waals surface area contributed by atoms with Gasteiger partial charge in [0.25, 0.3) is 11.1 Å². The van der Waals surface area contributed by atoms with Crippen molar-refractivity contribution >= 4 is 40.6 Å². The third kappa shape index (κ3) is 4.34. The number of para-hydroxylation sites is 1. The second-order valence-corrected chi connectivity index (χ2v) is 6.79. The first-order valence-corrected chi connectivity index (χ1v) is 9.15. The van der Waals surface area contributed by atoms with Crippen LogP contribution in [0.4, 0.5) is 10.5 Å². The maximum absolute atomic E-state index is 12.6. The molecule has 28 heavy (non-hydrogen) atoms. The molecule has 0 aliphatic carbocycles. The molecular weight excluding hydrogens is 380 g/mol. The summed E-state index contributed by atoms with van der Waals surface area (Å²) in [5.41, 5.74) is 1.28. The Labute approximate surface area is 166 Å². The molecule has 1 fully saturated rings. The van der Waals surface area contributed by atoms with Gasteiger partial charge in [-0.1, -0.05) is 24.3 Å². The number of ether oxygens (including phenoxy) is 2. The molecule has 0 saturated carbocycles. The highest BCUT2D eigenvalue weighted by atomic mass is 32.2. The van der Waals surface area contributed by atoms with Gasteiger partial charge in [0.1, 0.15) is 6.54 Å². The Morgan fingerprint density at radius 2 is 1.79 bits per heavy atom. The Bertz CT molecular complexity index is 943. The van der Waals surface area contributed by atoms with Crippen LogP contribution in [0.3, 0.4) is 0 Å². The van der Waals surface area contributed by atoms with Crippen molar-refractivity contribution in [2.45, 2.75) is 0 Å². The Morgan fingerprint density at radius 1 is 1.07 bits per heavy atom. The highest BCUT2D eigenvalue weighted by Gasteiger charge is 2.36. The molecular formula is C20H18N2O5S. The zero-order chi connectivity index (χ0) is 20.1. The van der Waals surface area contributed by atoms with Crippen molar-refractivity contribution in [3.8, 4) is 11.5 Å². The molecule has 2 aromatic rings. The number of carbonyl (C=O) groups excluding carboxylic acids is 3. The van der Waals surface area contributed by atoms with E-state index in [-0.39, 0.29) is 11.4 Å². The van der Waals surface area contributed by atoms with Gasteiger partial charge in [-0.25, -0.2) is 0 Å². The van der Waals surface area contributed by atoms with Crippen LogP contribution in [0.5, 0.6) is 11.5 Å². The molecule has 1 aliphatic heterocycles. The summed E-state index contributed by atoms with van der Waals surface area (Å²) < 4.78 is 10.4. The first kappa shape index (κ1) is 19.5. The van der Waals surface area contributed by atoms with E-state index in [1.807, 2.05) is 6.07 Å². The van der Waals surface area contributed by atoms with Crippen LogP contribution in [-0.4, -0.2) is 42.7 Å². The van der Waals surface area contributed by atoms with Gasteiger partial charge in [0.05, 0.1) is 19.1 Å². The van der Waals surface area contributed by atoms with Crippen LogP contribution in [0.1, 0.15) is 5.56 Å². The summed E-state index contributed by atoms with van der Waals surface area (Å²) in [5, 5.41) is 2.17. The molecule has 0 bridgehead atoms. The topological polar surface area (TPSA) is 84.9 Å². The first-order chi connectivity index (χ1) is 13.5. The van der Waals surface area contributed by atoms with Gasteiger partial charge >= 0.3 is 0 Å². The third-order valence-electron chi connectivity index (χ3n) is 3.94. The Hall–Kier alpha value is -3.26. The van der Waals surface area contributed by atoms with E-state index < -0.39 is 17.1 Å². The average molecular weight is 398 g/mol. The molecule has 7 nitrogen and oxygen atoms in total. The fourth-order valence-electron chi connectivity index (χ4n) is 2.60. The van der Waals surface area contributed by atoms with Crippen molar-refractivity contribution in [2.24, 2.45) is 0 Å². The molecule has 1 heterocycles. The van der Waals surface area contributed by atoms with Crippen molar-refractivity contribution in [3.63, 3.8) is 0 Å². The SMILES string of the molecule is COc1ccc(/C=C2\SC(=O)N(CC(=O)Nc3ccccc3)C2=O)cc1OC. The van der Waals surface area contributed by atoms with Gasteiger partial charge in [0.2, 0.25) is 5.91 Å². The molecule has 144 valence electrons. The van der Waals surface area contributed by atoms with Gasteiger partial charge in [-0.15, -0.1) is 0 Å². The summed E-state index contributed by atoms with van der Waals surface area (Å²) in [6.07, 6.45) is 1.59. The standard InChI is InChI=1S/C20H18N2O5S/c1-26-15-9-8-13(10-16(15)27-2)11-17-19(24)22(20(25)28-17)12-18(23)21-14-6-4-3-5-7-14/h3-11H,12H2,1-2H3,(H,21,23)/b17-11-. The predicted octanol–water partition coefficient (Wildman–Crippen LogP) is 3.38. The molecule has 0 radical (unpaired) electrons. The maximum Gasteiger partial charge on any atom is 0.294 e. The fraction of sp³-hybridized carbons (Fsp3) is 0.150. The first-order valence-electron chi connectivity index (χ1n) is 8.34. The maximum atomic E-state index is 12.6. The average Bonchev–Trinajstić information content (AvgIpc) is 2.96. The Morgan fingerprint density at radius 3 is 2.46 bits per heavy atom. The Balaban J connectivity index is 1.72. The van der Waals surface area contributed by atoms with Crippen molar-refractivity contribution in [3.05, 3.63) is 59.0 Å². The summed E-state index contributed by atoms with van der Waals surface area (Å²) >= 11 is 0.795. The lowest BCUT2D eigenvalue weighted by Crippen LogP contribution is -2.36. The molecule has 2 aromatic carbocycles. The van der Waals surface area contributed by atoms with E-state index in [9.17, 15) is 14.4 Å². The molecule has 3 rings (SSSR count). The van der Waals surface area contributed by atoms with Gasteiger partial charge in [-0.2, -0.15) is 0 Å². The third-order valence-corrected chi connectivity index (χ3v) is 4.85. The van der Waals surface area contributed by atoms with Crippen LogP contribution in [0.15, 0.2) is 53.4 Å². The number of nitrogens with one attached hydrogen (secondary N) is 1.